The monoisotopic (exact) mass is 503 g/mol. The van der Waals surface area contributed by atoms with Crippen molar-refractivity contribution in [1.82, 2.24) is 35.2 Å². The van der Waals surface area contributed by atoms with E-state index in [1.165, 1.54) is 11.3 Å². The van der Waals surface area contributed by atoms with Crippen LogP contribution in [-0.4, -0.2) is 55.6 Å². The molecule has 0 radical (unpaired) electrons. The molecule has 3 N–H and O–H groups in total. The Labute approximate surface area is 211 Å². The SMILES string of the molecule is Cc1cccc(-c2nccc(Nc3ccnc(Nc4nc(C(=O)OCC5CCNCC5)cs4)n3)n2)n1. The average molecular weight is 504 g/mol. The highest BCUT2D eigenvalue weighted by Gasteiger charge is 2.18. The molecule has 1 fully saturated rings. The van der Waals surface area contributed by atoms with E-state index < -0.39 is 5.97 Å². The summed E-state index contributed by atoms with van der Waals surface area (Å²) in [5.41, 5.74) is 1.85. The van der Waals surface area contributed by atoms with Crippen LogP contribution in [0.1, 0.15) is 29.0 Å². The molecule has 0 aromatic carbocycles. The van der Waals surface area contributed by atoms with Gasteiger partial charge in [-0.15, -0.1) is 11.3 Å². The maximum absolute atomic E-state index is 12.4. The number of hydrogen-bond acceptors (Lipinski definition) is 12. The van der Waals surface area contributed by atoms with E-state index >= 15 is 0 Å². The summed E-state index contributed by atoms with van der Waals surface area (Å²) in [4.78, 5) is 38.7. The second kappa shape index (κ2) is 11.1. The molecule has 184 valence electrons. The lowest BCUT2D eigenvalue weighted by atomic mass is 9.99. The van der Waals surface area contributed by atoms with E-state index in [0.717, 1.165) is 31.6 Å². The number of anilines is 4. The fourth-order valence-electron chi connectivity index (χ4n) is 3.68. The summed E-state index contributed by atoms with van der Waals surface area (Å²) in [6.07, 6.45) is 5.30. The Morgan fingerprint density at radius 3 is 2.67 bits per heavy atom. The minimum absolute atomic E-state index is 0.268. The van der Waals surface area contributed by atoms with Crippen molar-refractivity contribution in [1.29, 1.82) is 0 Å². The summed E-state index contributed by atoms with van der Waals surface area (Å²) < 4.78 is 5.46. The Morgan fingerprint density at radius 2 is 1.83 bits per heavy atom. The number of pyridine rings is 1. The number of piperidine rings is 1. The fourth-order valence-corrected chi connectivity index (χ4v) is 4.35. The molecule has 1 aliphatic heterocycles. The number of esters is 1. The molecular weight excluding hydrogens is 478 g/mol. The number of carbonyl (C=O) groups is 1. The highest BCUT2D eigenvalue weighted by Crippen LogP contribution is 2.22. The predicted molar refractivity (Wildman–Crippen MR) is 137 cm³/mol. The van der Waals surface area contributed by atoms with E-state index in [1.54, 1.807) is 29.9 Å². The van der Waals surface area contributed by atoms with Crippen molar-refractivity contribution in [3.63, 3.8) is 0 Å². The molecule has 0 saturated carbocycles. The van der Waals surface area contributed by atoms with Gasteiger partial charge < -0.3 is 15.4 Å². The highest BCUT2D eigenvalue weighted by molar-refractivity contribution is 7.14. The summed E-state index contributed by atoms with van der Waals surface area (Å²) in [6.45, 7) is 4.26. The maximum atomic E-state index is 12.4. The minimum Gasteiger partial charge on any atom is -0.461 e. The van der Waals surface area contributed by atoms with E-state index in [9.17, 15) is 4.79 Å². The number of nitrogens with one attached hydrogen (secondary N) is 3. The van der Waals surface area contributed by atoms with Crippen LogP contribution in [0.5, 0.6) is 0 Å². The fraction of sp³-hybridized carbons (Fsp3) is 0.292. The lowest BCUT2D eigenvalue weighted by Gasteiger charge is -2.21. The van der Waals surface area contributed by atoms with Crippen molar-refractivity contribution in [2.75, 3.05) is 30.3 Å². The molecule has 0 spiro atoms. The molecule has 11 nitrogen and oxygen atoms in total. The zero-order valence-corrected chi connectivity index (χ0v) is 20.5. The molecule has 5 rings (SSSR count). The van der Waals surface area contributed by atoms with Gasteiger partial charge in [0.05, 0.1) is 6.61 Å². The number of rotatable bonds is 8. The van der Waals surface area contributed by atoms with E-state index in [2.05, 4.69) is 45.9 Å². The lowest BCUT2D eigenvalue weighted by molar-refractivity contribution is 0.0410. The van der Waals surface area contributed by atoms with Crippen LogP contribution in [0.3, 0.4) is 0 Å². The van der Waals surface area contributed by atoms with Crippen molar-refractivity contribution in [2.24, 2.45) is 5.92 Å². The molecule has 4 aromatic heterocycles. The molecule has 0 aliphatic carbocycles. The molecule has 12 heteroatoms. The Bertz CT molecular complexity index is 1340. The van der Waals surface area contributed by atoms with Crippen molar-refractivity contribution < 1.29 is 9.53 Å². The average Bonchev–Trinajstić information content (AvgIpc) is 3.37. The van der Waals surface area contributed by atoms with Gasteiger partial charge in [-0.3, -0.25) is 5.32 Å². The molecular formula is C24H25N9O2S. The van der Waals surface area contributed by atoms with Gasteiger partial charge in [-0.1, -0.05) is 6.07 Å². The standard InChI is InChI=1S/C24H25N9O2S/c1-15-3-2-4-17(28-15)21-26-11-7-19(31-21)30-20-8-12-27-23(32-20)33-24-29-18(14-36-24)22(34)35-13-16-5-9-25-10-6-16/h2-4,7-8,11-12,14,16,25H,5-6,9-10,13H2,1H3,(H2,26,27,29,30,31,32,33). The molecule has 36 heavy (non-hydrogen) atoms. The molecule has 0 bridgehead atoms. The third-order valence-electron chi connectivity index (χ3n) is 5.53. The third-order valence-corrected chi connectivity index (χ3v) is 6.28. The summed E-state index contributed by atoms with van der Waals surface area (Å²) >= 11 is 1.28. The van der Waals surface area contributed by atoms with Crippen LogP contribution in [0.15, 0.2) is 48.1 Å². The summed E-state index contributed by atoms with van der Waals surface area (Å²) in [5, 5.41) is 11.7. The predicted octanol–water partition coefficient (Wildman–Crippen LogP) is 3.74. The third kappa shape index (κ3) is 6.15. The van der Waals surface area contributed by atoms with Gasteiger partial charge in [-0.2, -0.15) is 4.98 Å². The lowest BCUT2D eigenvalue weighted by Crippen LogP contribution is -2.30. The molecule has 5 heterocycles. The molecule has 1 saturated heterocycles. The number of hydrogen-bond donors (Lipinski definition) is 3. The Morgan fingerprint density at radius 1 is 1.03 bits per heavy atom. The second-order valence-electron chi connectivity index (χ2n) is 8.27. The number of carbonyl (C=O) groups excluding carboxylic acids is 1. The molecule has 0 unspecified atom stereocenters. The second-order valence-corrected chi connectivity index (χ2v) is 9.13. The van der Waals surface area contributed by atoms with E-state index in [0.29, 0.717) is 46.8 Å². The maximum Gasteiger partial charge on any atom is 0.357 e. The quantitative estimate of drug-likeness (QED) is 0.303. The van der Waals surface area contributed by atoms with Gasteiger partial charge in [0.25, 0.3) is 0 Å². The zero-order valence-electron chi connectivity index (χ0n) is 19.6. The molecule has 1 aliphatic rings. The molecule has 0 atom stereocenters. The van der Waals surface area contributed by atoms with Crippen LogP contribution >= 0.6 is 11.3 Å². The molecule has 0 amide bonds. The van der Waals surface area contributed by atoms with Crippen LogP contribution in [0.2, 0.25) is 0 Å². The normalized spacial score (nSPS) is 13.8. The zero-order chi connectivity index (χ0) is 24.7. The van der Waals surface area contributed by atoms with Gasteiger partial charge in [0.15, 0.2) is 16.6 Å². The first-order chi connectivity index (χ1) is 17.6. The van der Waals surface area contributed by atoms with Gasteiger partial charge in [0.2, 0.25) is 5.95 Å². The van der Waals surface area contributed by atoms with Crippen LogP contribution in [0.25, 0.3) is 11.5 Å². The number of nitrogens with zero attached hydrogens (tertiary/aromatic N) is 6. The van der Waals surface area contributed by atoms with Crippen LogP contribution in [0, 0.1) is 12.8 Å². The number of thiazole rings is 1. The first-order valence-electron chi connectivity index (χ1n) is 11.6. The highest BCUT2D eigenvalue weighted by atomic mass is 32.1. The van der Waals surface area contributed by atoms with E-state index in [-0.39, 0.29) is 5.69 Å². The number of aromatic nitrogens is 6. The summed E-state index contributed by atoms with van der Waals surface area (Å²) in [6, 6.07) is 9.18. The number of ether oxygens (including phenoxy) is 1. The van der Waals surface area contributed by atoms with Crippen LogP contribution < -0.4 is 16.0 Å². The van der Waals surface area contributed by atoms with Gasteiger partial charge in [-0.05, 0) is 63.0 Å². The van der Waals surface area contributed by atoms with Crippen molar-refractivity contribution >= 4 is 40.0 Å². The summed E-state index contributed by atoms with van der Waals surface area (Å²) in [5.74, 6) is 1.93. The Hall–Kier alpha value is -4.03. The van der Waals surface area contributed by atoms with Gasteiger partial charge in [0, 0.05) is 23.5 Å². The summed E-state index contributed by atoms with van der Waals surface area (Å²) in [7, 11) is 0. The van der Waals surface area contributed by atoms with Crippen molar-refractivity contribution in [2.45, 2.75) is 19.8 Å². The topological polar surface area (TPSA) is 140 Å². The Kier molecular flexibility index (Phi) is 7.33. The largest absolute Gasteiger partial charge is 0.461 e. The van der Waals surface area contributed by atoms with Crippen molar-refractivity contribution in [3.8, 4) is 11.5 Å². The smallest absolute Gasteiger partial charge is 0.357 e. The van der Waals surface area contributed by atoms with Gasteiger partial charge >= 0.3 is 5.97 Å². The van der Waals surface area contributed by atoms with Crippen LogP contribution in [-0.2, 0) is 4.74 Å². The van der Waals surface area contributed by atoms with Gasteiger partial charge in [-0.25, -0.2) is 29.7 Å². The first-order valence-corrected chi connectivity index (χ1v) is 12.5. The minimum atomic E-state index is -0.420. The van der Waals surface area contributed by atoms with Crippen LogP contribution in [0.4, 0.5) is 22.7 Å². The van der Waals surface area contributed by atoms with E-state index in [4.69, 9.17) is 4.74 Å². The number of aryl methyl sites for hydroxylation is 1. The van der Waals surface area contributed by atoms with Gasteiger partial charge in [0.1, 0.15) is 17.3 Å². The van der Waals surface area contributed by atoms with Crippen molar-refractivity contribution in [3.05, 3.63) is 59.5 Å². The first kappa shape index (κ1) is 23.7. The molecule has 4 aromatic rings. The van der Waals surface area contributed by atoms with E-state index in [1.807, 2.05) is 25.1 Å². The Balaban J connectivity index is 1.21.